The number of hydrogen-bond acceptors (Lipinski definition) is 7. The number of aryl methyl sites for hydroxylation is 1. The quantitative estimate of drug-likeness (QED) is 0.738. The normalized spacial score (nSPS) is 18.7. The van der Waals surface area contributed by atoms with Crippen LogP contribution in [0.4, 0.5) is 17.5 Å². The number of aromatic nitrogens is 2. The van der Waals surface area contributed by atoms with E-state index in [2.05, 4.69) is 39.6 Å². The molecule has 146 valence electrons. The minimum Gasteiger partial charge on any atom is -0.493 e. The monoisotopic (exact) mass is 371 g/mol. The summed E-state index contributed by atoms with van der Waals surface area (Å²) in [7, 11) is 7.76. The van der Waals surface area contributed by atoms with Gasteiger partial charge in [0, 0.05) is 36.6 Å². The second kappa shape index (κ2) is 8.43. The maximum Gasteiger partial charge on any atom is 0.229 e. The zero-order chi connectivity index (χ0) is 19.4. The zero-order valence-corrected chi connectivity index (χ0v) is 16.7. The maximum atomic E-state index is 6.07. The number of nitrogens with one attached hydrogen (secondary N) is 2. The van der Waals surface area contributed by atoms with E-state index in [0.717, 1.165) is 28.7 Å². The van der Waals surface area contributed by atoms with Crippen molar-refractivity contribution in [3.05, 3.63) is 30.0 Å². The number of benzene rings is 1. The molecule has 1 heterocycles. The van der Waals surface area contributed by atoms with Gasteiger partial charge in [0.15, 0.2) is 11.5 Å². The number of rotatable bonds is 8. The van der Waals surface area contributed by atoms with Gasteiger partial charge in [-0.2, -0.15) is 4.98 Å². The van der Waals surface area contributed by atoms with Gasteiger partial charge in [0.25, 0.3) is 0 Å². The second-order valence-electron chi connectivity index (χ2n) is 7.22. The largest absolute Gasteiger partial charge is 0.493 e. The molecule has 0 spiro atoms. The van der Waals surface area contributed by atoms with Gasteiger partial charge in [0.05, 0.1) is 13.7 Å². The van der Waals surface area contributed by atoms with Crippen LogP contribution in [0, 0.1) is 12.8 Å². The Balaban J connectivity index is 1.67. The molecule has 1 aromatic heterocycles. The highest BCUT2D eigenvalue weighted by atomic mass is 16.5. The van der Waals surface area contributed by atoms with E-state index in [9.17, 15) is 0 Å². The number of nitrogens with zero attached hydrogens (tertiary/aromatic N) is 3. The van der Waals surface area contributed by atoms with Crippen LogP contribution in [0.3, 0.4) is 0 Å². The van der Waals surface area contributed by atoms with Crippen molar-refractivity contribution in [2.24, 2.45) is 5.92 Å². The Morgan fingerprint density at radius 3 is 2.59 bits per heavy atom. The summed E-state index contributed by atoms with van der Waals surface area (Å²) < 4.78 is 11.5. The summed E-state index contributed by atoms with van der Waals surface area (Å²) in [6, 6.07) is 8.34. The first-order valence-electron chi connectivity index (χ1n) is 9.26. The molecule has 0 saturated heterocycles. The molecule has 1 saturated carbocycles. The predicted octanol–water partition coefficient (Wildman–Crippen LogP) is 3.30. The fourth-order valence-corrected chi connectivity index (χ4v) is 3.21. The second-order valence-corrected chi connectivity index (χ2v) is 7.22. The number of ether oxygens (including phenoxy) is 2. The standard InChI is InChI=1S/C20H29N5O2/c1-13-8-19(21-2)24-20(22-13)23-15-6-7-17(26-5)18(11-15)27-12-14-9-16(10-14)25(3)4/h6-8,11,14,16H,9-10,12H2,1-5H3,(H2,21,22,23,24)/t14-,16-. The molecular weight excluding hydrogens is 342 g/mol. The molecule has 0 bridgehead atoms. The van der Waals surface area contributed by atoms with E-state index < -0.39 is 0 Å². The first-order valence-corrected chi connectivity index (χ1v) is 9.26. The van der Waals surface area contributed by atoms with Crippen molar-refractivity contribution >= 4 is 17.5 Å². The smallest absolute Gasteiger partial charge is 0.229 e. The molecule has 0 atom stereocenters. The summed E-state index contributed by atoms with van der Waals surface area (Å²) >= 11 is 0. The van der Waals surface area contributed by atoms with Gasteiger partial charge >= 0.3 is 0 Å². The van der Waals surface area contributed by atoms with Crippen molar-refractivity contribution in [3.8, 4) is 11.5 Å². The Hall–Kier alpha value is -2.54. The molecule has 3 rings (SSSR count). The Labute approximate surface area is 161 Å². The lowest BCUT2D eigenvalue weighted by molar-refractivity contribution is 0.0821. The number of methoxy groups -OCH3 is 1. The molecule has 1 aliphatic rings. The van der Waals surface area contributed by atoms with Crippen molar-refractivity contribution in [1.29, 1.82) is 0 Å². The number of hydrogen-bond donors (Lipinski definition) is 2. The van der Waals surface area contributed by atoms with Gasteiger partial charge in [-0.15, -0.1) is 0 Å². The van der Waals surface area contributed by atoms with Crippen molar-refractivity contribution in [3.63, 3.8) is 0 Å². The fraction of sp³-hybridized carbons (Fsp3) is 0.500. The van der Waals surface area contributed by atoms with Crippen molar-refractivity contribution in [1.82, 2.24) is 14.9 Å². The molecule has 27 heavy (non-hydrogen) atoms. The van der Waals surface area contributed by atoms with Gasteiger partial charge in [-0.25, -0.2) is 4.98 Å². The van der Waals surface area contributed by atoms with Crippen LogP contribution >= 0.6 is 0 Å². The van der Waals surface area contributed by atoms with Crippen molar-refractivity contribution < 1.29 is 9.47 Å². The average molecular weight is 371 g/mol. The lowest BCUT2D eigenvalue weighted by Gasteiger charge is -2.39. The highest BCUT2D eigenvalue weighted by Gasteiger charge is 2.31. The maximum absolute atomic E-state index is 6.07. The molecule has 1 fully saturated rings. The van der Waals surface area contributed by atoms with E-state index in [0.29, 0.717) is 24.5 Å². The van der Waals surface area contributed by atoms with E-state index >= 15 is 0 Å². The van der Waals surface area contributed by atoms with Crippen molar-refractivity contribution in [2.75, 3.05) is 45.5 Å². The SMILES string of the molecule is CNc1cc(C)nc(Nc2ccc(OC)c(OC[C@H]3C[C@H](N(C)C)C3)c2)n1. The third kappa shape index (κ3) is 4.80. The predicted molar refractivity (Wildman–Crippen MR) is 108 cm³/mol. The summed E-state index contributed by atoms with van der Waals surface area (Å²) in [4.78, 5) is 11.1. The van der Waals surface area contributed by atoms with Crippen LogP contribution in [0.15, 0.2) is 24.3 Å². The highest BCUT2D eigenvalue weighted by molar-refractivity contribution is 5.60. The van der Waals surface area contributed by atoms with E-state index in [4.69, 9.17) is 9.47 Å². The lowest BCUT2D eigenvalue weighted by atomic mass is 9.80. The Kier molecular flexibility index (Phi) is 6.01. The third-order valence-electron chi connectivity index (χ3n) is 4.95. The highest BCUT2D eigenvalue weighted by Crippen LogP contribution is 2.35. The lowest BCUT2D eigenvalue weighted by Crippen LogP contribution is -2.42. The van der Waals surface area contributed by atoms with Gasteiger partial charge in [0.2, 0.25) is 5.95 Å². The van der Waals surface area contributed by atoms with Gasteiger partial charge in [-0.1, -0.05) is 0 Å². The van der Waals surface area contributed by atoms with Gasteiger partial charge < -0.3 is 25.0 Å². The molecular formula is C20H29N5O2. The van der Waals surface area contributed by atoms with Crippen LogP contribution in [0.25, 0.3) is 0 Å². The Bertz CT molecular complexity index is 775. The first kappa shape index (κ1) is 19.2. The van der Waals surface area contributed by atoms with Gasteiger partial charge in [-0.3, -0.25) is 0 Å². The summed E-state index contributed by atoms with van der Waals surface area (Å²) in [6.45, 7) is 2.64. The molecule has 7 nitrogen and oxygen atoms in total. The summed E-state index contributed by atoms with van der Waals surface area (Å²) in [5.41, 5.74) is 1.75. The zero-order valence-electron chi connectivity index (χ0n) is 16.7. The van der Waals surface area contributed by atoms with Gasteiger partial charge in [0.1, 0.15) is 5.82 Å². The van der Waals surface area contributed by atoms with Crippen LogP contribution in [0.5, 0.6) is 11.5 Å². The summed E-state index contributed by atoms with van der Waals surface area (Å²) in [5.74, 6) is 3.37. The fourth-order valence-electron chi connectivity index (χ4n) is 3.21. The van der Waals surface area contributed by atoms with Crippen LogP contribution in [-0.4, -0.2) is 55.8 Å². The minimum atomic E-state index is 0.545. The summed E-state index contributed by atoms with van der Waals surface area (Å²) in [5, 5.41) is 6.29. The van der Waals surface area contributed by atoms with E-state index in [1.807, 2.05) is 38.2 Å². The molecule has 7 heteroatoms. The average Bonchev–Trinajstić information content (AvgIpc) is 2.59. The molecule has 1 aliphatic carbocycles. The topological polar surface area (TPSA) is 71.5 Å². The van der Waals surface area contributed by atoms with Crippen LogP contribution in [0.1, 0.15) is 18.5 Å². The van der Waals surface area contributed by atoms with Crippen LogP contribution in [0.2, 0.25) is 0 Å². The van der Waals surface area contributed by atoms with Crippen LogP contribution < -0.4 is 20.1 Å². The molecule has 2 aromatic rings. The van der Waals surface area contributed by atoms with E-state index in [1.165, 1.54) is 12.8 Å². The molecule has 0 radical (unpaired) electrons. The third-order valence-corrected chi connectivity index (χ3v) is 4.95. The molecule has 1 aromatic carbocycles. The van der Waals surface area contributed by atoms with Crippen molar-refractivity contribution in [2.45, 2.75) is 25.8 Å². The molecule has 2 N–H and O–H groups in total. The first-order chi connectivity index (χ1) is 13.0. The summed E-state index contributed by atoms with van der Waals surface area (Å²) in [6.07, 6.45) is 2.36. The molecule has 0 amide bonds. The molecule has 0 unspecified atom stereocenters. The van der Waals surface area contributed by atoms with Gasteiger partial charge in [-0.05, 0) is 51.9 Å². The Morgan fingerprint density at radius 2 is 1.93 bits per heavy atom. The van der Waals surface area contributed by atoms with Crippen LogP contribution in [-0.2, 0) is 0 Å². The number of anilines is 3. The Morgan fingerprint density at radius 1 is 1.15 bits per heavy atom. The molecule has 0 aliphatic heterocycles. The van der Waals surface area contributed by atoms with E-state index in [1.54, 1.807) is 7.11 Å². The van der Waals surface area contributed by atoms with E-state index in [-0.39, 0.29) is 0 Å². The minimum absolute atomic E-state index is 0.545.